The molecule has 3 heterocycles. The van der Waals surface area contributed by atoms with E-state index >= 15 is 0 Å². The second kappa shape index (κ2) is 7.23. The van der Waals surface area contributed by atoms with E-state index in [9.17, 15) is 19.8 Å². The Hall–Kier alpha value is -2.67. The van der Waals surface area contributed by atoms with Crippen LogP contribution in [-0.4, -0.2) is 64.3 Å². The Balaban J connectivity index is 1.38. The number of likely N-dealkylation sites (tertiary alicyclic amines) is 1. The number of carbonyl (C=O) groups excluding carboxylic acids is 1. The molecule has 1 amide bonds. The van der Waals surface area contributed by atoms with E-state index in [1.807, 2.05) is 23.1 Å². The first-order chi connectivity index (χ1) is 14.4. The van der Waals surface area contributed by atoms with Crippen LogP contribution in [0.2, 0.25) is 0 Å². The summed E-state index contributed by atoms with van der Waals surface area (Å²) in [6, 6.07) is 8.91. The van der Waals surface area contributed by atoms with Crippen molar-refractivity contribution in [3.8, 4) is 0 Å². The number of rotatable bonds is 4. The summed E-state index contributed by atoms with van der Waals surface area (Å²) in [6.45, 7) is 2.48. The first-order valence-corrected chi connectivity index (χ1v) is 10.8. The number of fused-ring (bicyclic) bond motifs is 1. The van der Waals surface area contributed by atoms with E-state index in [-0.39, 0.29) is 11.5 Å². The smallest absolute Gasteiger partial charge is 0.336 e. The molecule has 30 heavy (non-hydrogen) atoms. The first-order valence-electron chi connectivity index (χ1n) is 10.8. The third kappa shape index (κ3) is 3.41. The topological polar surface area (TPSA) is 94.0 Å². The van der Waals surface area contributed by atoms with Crippen molar-refractivity contribution in [3.05, 3.63) is 35.9 Å². The molecular weight excluding hydrogens is 382 g/mol. The van der Waals surface area contributed by atoms with Crippen molar-refractivity contribution in [2.75, 3.05) is 31.1 Å². The largest absolute Gasteiger partial charge is 0.478 e. The minimum Gasteiger partial charge on any atom is -0.478 e. The maximum Gasteiger partial charge on any atom is 0.336 e. The van der Waals surface area contributed by atoms with E-state index in [0.29, 0.717) is 61.5 Å². The highest BCUT2D eigenvalue weighted by Crippen LogP contribution is 2.43. The van der Waals surface area contributed by atoms with E-state index in [1.165, 1.54) is 12.8 Å². The molecule has 2 N–H and O–H groups in total. The van der Waals surface area contributed by atoms with E-state index in [2.05, 4.69) is 9.88 Å². The van der Waals surface area contributed by atoms with Gasteiger partial charge >= 0.3 is 5.97 Å². The van der Waals surface area contributed by atoms with Crippen molar-refractivity contribution < 1.29 is 19.8 Å². The molecule has 2 saturated heterocycles. The normalized spacial score (nSPS) is 23.9. The third-order valence-corrected chi connectivity index (χ3v) is 6.95. The van der Waals surface area contributed by atoms with Gasteiger partial charge in [-0.05, 0) is 50.2 Å². The van der Waals surface area contributed by atoms with E-state index < -0.39 is 17.5 Å². The van der Waals surface area contributed by atoms with Gasteiger partial charge in [-0.2, -0.15) is 0 Å². The molecule has 2 aromatic rings. The number of carbonyl (C=O) groups is 2. The van der Waals surface area contributed by atoms with Crippen LogP contribution in [0.3, 0.4) is 0 Å². The van der Waals surface area contributed by atoms with Crippen LogP contribution in [-0.2, 0) is 4.79 Å². The summed E-state index contributed by atoms with van der Waals surface area (Å²) >= 11 is 0. The molecule has 0 bridgehead atoms. The van der Waals surface area contributed by atoms with Gasteiger partial charge in [-0.3, -0.25) is 4.79 Å². The number of pyridine rings is 1. The number of aliphatic hydroxyl groups excluding tert-OH is 1. The predicted molar refractivity (Wildman–Crippen MR) is 113 cm³/mol. The van der Waals surface area contributed by atoms with Gasteiger partial charge in [0.15, 0.2) is 0 Å². The van der Waals surface area contributed by atoms with Crippen LogP contribution >= 0.6 is 0 Å². The Bertz CT molecular complexity index is 993. The molecule has 1 aromatic heterocycles. The van der Waals surface area contributed by atoms with Crippen LogP contribution in [0.4, 0.5) is 5.82 Å². The van der Waals surface area contributed by atoms with E-state index in [0.717, 1.165) is 6.54 Å². The standard InChI is InChI=1S/C23H27N3O4/c27-16-12-23(22(30)26(14-16)13-15-5-6-15)7-9-25(10-8-23)20-11-18(21(28)29)17-3-1-2-4-19(17)24-20/h1-4,11,15-16,27H,5-10,12-14H2,(H,28,29). The zero-order valence-corrected chi connectivity index (χ0v) is 17.0. The molecule has 1 aliphatic carbocycles. The van der Waals surface area contributed by atoms with Crippen molar-refractivity contribution in [1.29, 1.82) is 0 Å². The predicted octanol–water partition coefficient (Wildman–Crippen LogP) is 2.52. The number of amides is 1. The van der Waals surface area contributed by atoms with Gasteiger partial charge in [0.2, 0.25) is 5.91 Å². The van der Waals surface area contributed by atoms with Crippen molar-refractivity contribution >= 4 is 28.6 Å². The molecule has 1 aromatic carbocycles. The number of aromatic carboxylic acids is 1. The van der Waals surface area contributed by atoms with Crippen molar-refractivity contribution in [3.63, 3.8) is 0 Å². The summed E-state index contributed by atoms with van der Waals surface area (Å²) in [5.74, 6) is 0.467. The number of aromatic nitrogens is 1. The fourth-order valence-electron chi connectivity index (χ4n) is 5.13. The molecule has 7 heteroatoms. The Morgan fingerprint density at radius 1 is 1.20 bits per heavy atom. The van der Waals surface area contributed by atoms with Crippen LogP contribution in [0.5, 0.6) is 0 Å². The molecule has 1 atom stereocenters. The summed E-state index contributed by atoms with van der Waals surface area (Å²) in [6.07, 6.45) is 3.72. The fraction of sp³-hybridized carbons (Fsp3) is 0.522. The molecule has 3 aliphatic rings. The SMILES string of the molecule is O=C(O)c1cc(N2CCC3(CC2)CC(O)CN(CC2CC2)C3=O)nc2ccccc12. The summed E-state index contributed by atoms with van der Waals surface area (Å²) in [5, 5.41) is 20.7. The number of anilines is 1. The zero-order chi connectivity index (χ0) is 20.9. The van der Waals surface area contributed by atoms with Gasteiger partial charge in [0, 0.05) is 31.6 Å². The fourth-order valence-corrected chi connectivity index (χ4v) is 5.13. The maximum atomic E-state index is 13.3. The monoisotopic (exact) mass is 409 g/mol. The van der Waals surface area contributed by atoms with E-state index in [1.54, 1.807) is 12.1 Å². The van der Waals surface area contributed by atoms with Gasteiger partial charge in [0.1, 0.15) is 5.82 Å². The van der Waals surface area contributed by atoms with Crippen molar-refractivity contribution in [2.24, 2.45) is 11.3 Å². The molecule has 1 saturated carbocycles. The van der Waals surface area contributed by atoms with Crippen LogP contribution in [0.25, 0.3) is 10.9 Å². The molecule has 5 rings (SSSR count). The van der Waals surface area contributed by atoms with Gasteiger partial charge in [-0.15, -0.1) is 0 Å². The number of benzene rings is 1. The highest BCUT2D eigenvalue weighted by Gasteiger charge is 2.49. The summed E-state index contributed by atoms with van der Waals surface area (Å²) in [4.78, 5) is 33.7. The minimum absolute atomic E-state index is 0.192. The summed E-state index contributed by atoms with van der Waals surface area (Å²) in [7, 11) is 0. The highest BCUT2D eigenvalue weighted by molar-refractivity contribution is 6.03. The number of hydrogen-bond acceptors (Lipinski definition) is 5. The Kier molecular flexibility index (Phi) is 4.65. The third-order valence-electron chi connectivity index (χ3n) is 6.95. The minimum atomic E-state index is -0.968. The number of nitrogens with zero attached hydrogens (tertiary/aromatic N) is 3. The number of β-amino-alcohol motifs (C(OH)–C–C–N with tert-alkyl or cyclic N) is 1. The van der Waals surface area contributed by atoms with Crippen LogP contribution in [0, 0.1) is 11.3 Å². The molecular formula is C23H27N3O4. The quantitative estimate of drug-likeness (QED) is 0.806. The Morgan fingerprint density at radius 2 is 1.93 bits per heavy atom. The van der Waals surface area contributed by atoms with Crippen LogP contribution < -0.4 is 4.90 Å². The highest BCUT2D eigenvalue weighted by atomic mass is 16.4. The van der Waals surface area contributed by atoms with Gasteiger partial charge in [0.25, 0.3) is 0 Å². The molecule has 3 fully saturated rings. The number of carboxylic acids is 1. The Morgan fingerprint density at radius 3 is 2.63 bits per heavy atom. The number of aliphatic hydroxyl groups is 1. The molecule has 158 valence electrons. The van der Waals surface area contributed by atoms with Crippen LogP contribution in [0.1, 0.15) is 42.5 Å². The van der Waals surface area contributed by atoms with E-state index in [4.69, 9.17) is 0 Å². The van der Waals surface area contributed by atoms with Gasteiger partial charge in [0.05, 0.1) is 22.6 Å². The number of hydrogen-bond donors (Lipinski definition) is 2. The lowest BCUT2D eigenvalue weighted by molar-refractivity contribution is -0.154. The second-order valence-electron chi connectivity index (χ2n) is 9.13. The number of para-hydroxylation sites is 1. The lowest BCUT2D eigenvalue weighted by atomic mass is 9.70. The average molecular weight is 409 g/mol. The molecule has 2 aliphatic heterocycles. The number of carboxylic acid groups (broad SMARTS) is 1. The van der Waals surface area contributed by atoms with Crippen LogP contribution in [0.15, 0.2) is 30.3 Å². The second-order valence-corrected chi connectivity index (χ2v) is 9.13. The molecule has 1 spiro atoms. The van der Waals surface area contributed by atoms with Crippen molar-refractivity contribution in [1.82, 2.24) is 9.88 Å². The lowest BCUT2D eigenvalue weighted by Gasteiger charge is -2.48. The van der Waals surface area contributed by atoms with Gasteiger partial charge in [-0.1, -0.05) is 18.2 Å². The average Bonchev–Trinajstić information content (AvgIpc) is 3.55. The zero-order valence-electron chi connectivity index (χ0n) is 17.0. The van der Waals surface area contributed by atoms with Crippen molar-refractivity contribution in [2.45, 2.75) is 38.2 Å². The molecule has 0 radical (unpaired) electrons. The maximum absolute atomic E-state index is 13.3. The molecule has 1 unspecified atom stereocenters. The lowest BCUT2D eigenvalue weighted by Crippen LogP contribution is -2.58. The summed E-state index contributed by atoms with van der Waals surface area (Å²) < 4.78 is 0. The summed E-state index contributed by atoms with van der Waals surface area (Å²) in [5.41, 5.74) is 0.401. The van der Waals surface area contributed by atoms with Gasteiger partial charge in [-0.25, -0.2) is 9.78 Å². The first kappa shape index (κ1) is 19.3. The Labute approximate surface area is 175 Å². The molecule has 7 nitrogen and oxygen atoms in total. The van der Waals surface area contributed by atoms with Gasteiger partial charge < -0.3 is 20.0 Å². The number of piperidine rings is 2.